The first-order valence-corrected chi connectivity index (χ1v) is 16.4. The summed E-state index contributed by atoms with van der Waals surface area (Å²) in [7, 11) is 0.356. The molecule has 0 bridgehead atoms. The molecule has 0 unspecified atom stereocenters. The quantitative estimate of drug-likeness (QED) is 0.173. The van der Waals surface area contributed by atoms with Crippen LogP contribution in [0, 0.1) is 0 Å². The number of rotatable bonds is 8. The predicted octanol–water partition coefficient (Wildman–Crippen LogP) is 9.06. The van der Waals surface area contributed by atoms with Crippen molar-refractivity contribution in [3.05, 3.63) is 127 Å². The fraction of sp³-hybridized carbons (Fsp3) is 0.150. The number of nitrogens with zero attached hydrogens (tertiary/aromatic N) is 2. The maximum absolute atomic E-state index is 10.8. The third-order valence-electron chi connectivity index (χ3n) is 8.93. The maximum Gasteiger partial charge on any atom is 0.309 e. The standard InChI is InChI=1S/C40H35BN2O2S/c1-39(2,44)40(3,4)45-41-30-23-32-31-17-11-12-18-36(31)46-37(32)33(24-30)35-25-34(42-38(43-35)29-15-9-6-10-16-29)28-21-19-27(20-22-28)26-13-7-5-8-14-26/h5-25,41,44H,1-4H3. The third kappa shape index (κ3) is 5.88. The monoisotopic (exact) mass is 618 g/mol. The van der Waals surface area contributed by atoms with E-state index in [1.807, 2.05) is 38.1 Å². The molecule has 2 aromatic heterocycles. The first-order chi connectivity index (χ1) is 22.2. The van der Waals surface area contributed by atoms with Gasteiger partial charge in [-0.15, -0.1) is 11.3 Å². The van der Waals surface area contributed by atoms with Crippen molar-refractivity contribution < 1.29 is 9.76 Å². The molecule has 0 spiro atoms. The Balaban J connectivity index is 1.40. The minimum Gasteiger partial charge on any atom is -0.427 e. The molecule has 0 saturated carbocycles. The summed E-state index contributed by atoms with van der Waals surface area (Å²) in [5.74, 6) is 0.680. The van der Waals surface area contributed by atoms with E-state index in [1.54, 1.807) is 25.2 Å². The lowest BCUT2D eigenvalue weighted by Gasteiger charge is -2.37. The van der Waals surface area contributed by atoms with Crippen LogP contribution < -0.4 is 5.46 Å². The Hall–Kier alpha value is -4.62. The van der Waals surface area contributed by atoms with Gasteiger partial charge in [0.2, 0.25) is 0 Å². The van der Waals surface area contributed by atoms with Crippen molar-refractivity contribution in [2.24, 2.45) is 0 Å². The average Bonchev–Trinajstić information content (AvgIpc) is 3.46. The number of thiophene rings is 1. The summed E-state index contributed by atoms with van der Waals surface area (Å²) >= 11 is 1.78. The molecule has 5 aromatic carbocycles. The number of hydrogen-bond acceptors (Lipinski definition) is 5. The largest absolute Gasteiger partial charge is 0.427 e. The van der Waals surface area contributed by atoms with E-state index in [1.165, 1.54) is 25.7 Å². The van der Waals surface area contributed by atoms with Crippen LogP contribution >= 0.6 is 11.3 Å². The van der Waals surface area contributed by atoms with Gasteiger partial charge in [-0.3, -0.25) is 0 Å². The minimum absolute atomic E-state index is 0.356. The van der Waals surface area contributed by atoms with Gasteiger partial charge in [0.25, 0.3) is 0 Å². The number of hydrogen-bond donors (Lipinski definition) is 1. The van der Waals surface area contributed by atoms with E-state index in [4.69, 9.17) is 14.6 Å². The van der Waals surface area contributed by atoms with Crippen molar-refractivity contribution in [1.82, 2.24) is 9.97 Å². The Morgan fingerprint density at radius 2 is 1.20 bits per heavy atom. The van der Waals surface area contributed by atoms with Crippen molar-refractivity contribution in [3.63, 3.8) is 0 Å². The molecule has 0 aliphatic rings. The number of benzene rings is 5. The summed E-state index contributed by atoms with van der Waals surface area (Å²) in [4.78, 5) is 10.3. The van der Waals surface area contributed by atoms with E-state index in [2.05, 4.69) is 103 Å². The van der Waals surface area contributed by atoms with Crippen molar-refractivity contribution in [2.75, 3.05) is 0 Å². The second kappa shape index (κ2) is 12.0. The molecule has 7 aromatic rings. The molecule has 7 rings (SSSR count). The zero-order valence-corrected chi connectivity index (χ0v) is 27.3. The van der Waals surface area contributed by atoms with Crippen molar-refractivity contribution in [3.8, 4) is 45.0 Å². The SMILES string of the molecule is CC(C)(O)C(C)(C)OBc1cc(-c2cc(-c3ccc(-c4ccccc4)cc3)nc(-c3ccccc3)n2)c2sc3ccccc3c2c1. The minimum atomic E-state index is -1.00. The van der Waals surface area contributed by atoms with Gasteiger partial charge in [-0.05, 0) is 51.0 Å². The number of fused-ring (bicyclic) bond motifs is 3. The summed E-state index contributed by atoms with van der Waals surface area (Å²) in [5, 5.41) is 13.1. The lowest BCUT2D eigenvalue weighted by molar-refractivity contribution is -0.0893. The molecule has 2 heterocycles. The van der Waals surface area contributed by atoms with Crippen LogP contribution in [0.15, 0.2) is 127 Å². The number of aliphatic hydroxyl groups is 1. The maximum atomic E-state index is 10.8. The van der Waals surface area contributed by atoms with Crippen molar-refractivity contribution in [1.29, 1.82) is 0 Å². The molecule has 0 atom stereocenters. The molecule has 0 radical (unpaired) electrons. The van der Waals surface area contributed by atoms with E-state index in [9.17, 15) is 5.11 Å². The summed E-state index contributed by atoms with van der Waals surface area (Å²) < 4.78 is 8.76. The van der Waals surface area contributed by atoms with Crippen LogP contribution in [0.5, 0.6) is 0 Å². The highest BCUT2D eigenvalue weighted by atomic mass is 32.1. The molecule has 6 heteroatoms. The zero-order valence-electron chi connectivity index (χ0n) is 26.5. The molecular weight excluding hydrogens is 583 g/mol. The van der Waals surface area contributed by atoms with Crippen molar-refractivity contribution in [2.45, 2.75) is 38.9 Å². The van der Waals surface area contributed by atoms with Gasteiger partial charge in [0.15, 0.2) is 5.82 Å². The van der Waals surface area contributed by atoms with Crippen LogP contribution in [0.4, 0.5) is 0 Å². The van der Waals surface area contributed by atoms with Crippen LogP contribution in [-0.2, 0) is 4.65 Å². The molecule has 1 N–H and O–H groups in total. The normalized spacial score (nSPS) is 12.1. The van der Waals surface area contributed by atoms with Gasteiger partial charge in [0.1, 0.15) is 0 Å². The molecule has 0 aliphatic carbocycles. The molecule has 226 valence electrons. The van der Waals surface area contributed by atoms with Crippen LogP contribution in [-0.4, -0.2) is 33.8 Å². The van der Waals surface area contributed by atoms with Crippen LogP contribution in [0.2, 0.25) is 0 Å². The predicted molar refractivity (Wildman–Crippen MR) is 195 cm³/mol. The summed E-state index contributed by atoms with van der Waals surface area (Å²) in [6.07, 6.45) is 0. The molecule has 0 saturated heterocycles. The lowest BCUT2D eigenvalue weighted by atomic mass is 9.81. The first-order valence-electron chi connectivity index (χ1n) is 15.6. The summed E-state index contributed by atoms with van der Waals surface area (Å²) in [6.45, 7) is 7.43. The number of aromatic nitrogens is 2. The summed E-state index contributed by atoms with van der Waals surface area (Å²) in [6, 6.07) is 44.2. The van der Waals surface area contributed by atoms with Gasteiger partial charge in [-0.2, -0.15) is 0 Å². The topological polar surface area (TPSA) is 55.2 Å². The second-order valence-corrected chi connectivity index (χ2v) is 13.8. The fourth-order valence-corrected chi connectivity index (χ4v) is 6.72. The molecule has 4 nitrogen and oxygen atoms in total. The molecular formula is C40H35BN2O2S. The molecule has 0 amide bonds. The Labute approximate surface area is 274 Å². The van der Waals surface area contributed by atoms with Gasteiger partial charge < -0.3 is 9.76 Å². The van der Waals surface area contributed by atoms with E-state index in [-0.39, 0.29) is 0 Å². The molecule has 46 heavy (non-hydrogen) atoms. The molecule has 0 fully saturated rings. The highest BCUT2D eigenvalue weighted by Gasteiger charge is 2.35. The average molecular weight is 619 g/mol. The van der Waals surface area contributed by atoms with Crippen LogP contribution in [0.25, 0.3) is 65.2 Å². The van der Waals surface area contributed by atoms with Gasteiger partial charge in [0, 0.05) is 36.9 Å². The third-order valence-corrected chi connectivity index (χ3v) is 10.2. The fourth-order valence-electron chi connectivity index (χ4n) is 5.51. The Kier molecular flexibility index (Phi) is 7.81. The van der Waals surface area contributed by atoms with Gasteiger partial charge in [-0.1, -0.05) is 121 Å². The Morgan fingerprint density at radius 3 is 1.89 bits per heavy atom. The Morgan fingerprint density at radius 1 is 0.609 bits per heavy atom. The summed E-state index contributed by atoms with van der Waals surface area (Å²) in [5.41, 5.74) is 6.38. The van der Waals surface area contributed by atoms with Gasteiger partial charge in [-0.25, -0.2) is 9.97 Å². The zero-order chi connectivity index (χ0) is 31.9. The van der Waals surface area contributed by atoms with E-state index >= 15 is 0 Å². The smallest absolute Gasteiger partial charge is 0.309 e. The highest BCUT2D eigenvalue weighted by molar-refractivity contribution is 7.26. The lowest BCUT2D eigenvalue weighted by Crippen LogP contribution is -2.49. The van der Waals surface area contributed by atoms with Crippen LogP contribution in [0.3, 0.4) is 0 Å². The molecule has 0 aliphatic heterocycles. The van der Waals surface area contributed by atoms with Crippen molar-refractivity contribution >= 4 is 44.5 Å². The Bertz CT molecular complexity index is 2150. The van der Waals surface area contributed by atoms with E-state index in [0.717, 1.165) is 39.1 Å². The van der Waals surface area contributed by atoms with Gasteiger partial charge >= 0.3 is 7.48 Å². The highest BCUT2D eigenvalue weighted by Crippen LogP contribution is 2.40. The second-order valence-electron chi connectivity index (χ2n) is 12.7. The van der Waals surface area contributed by atoms with Crippen LogP contribution in [0.1, 0.15) is 27.7 Å². The van der Waals surface area contributed by atoms with E-state index < -0.39 is 11.2 Å². The first kappa shape index (κ1) is 30.1. The van der Waals surface area contributed by atoms with Gasteiger partial charge in [0.05, 0.1) is 22.6 Å². The van der Waals surface area contributed by atoms with E-state index in [0.29, 0.717) is 13.3 Å².